The lowest BCUT2D eigenvalue weighted by Gasteiger charge is -2.17. The summed E-state index contributed by atoms with van der Waals surface area (Å²) >= 11 is 6.07. The van der Waals surface area contributed by atoms with Gasteiger partial charge in [0.25, 0.3) is 0 Å². The molecule has 4 heteroatoms. The zero-order valence-electron chi connectivity index (χ0n) is 11.6. The molecular formula is C15H23ClN2O. The standard InChI is InChI=1S/C15H23ClN2O/c1-2-19-15-4-3-14(16)9-13(15)6-8-18-7-5-12(10-17)11-18/h3-4,9,12H,2,5-8,10-11,17H2,1H3/t12-/m0/s1. The fourth-order valence-electron chi connectivity index (χ4n) is 2.63. The van der Waals surface area contributed by atoms with Crippen LogP contribution in [0.4, 0.5) is 0 Å². The summed E-state index contributed by atoms with van der Waals surface area (Å²) in [5.41, 5.74) is 6.92. The smallest absolute Gasteiger partial charge is 0.122 e. The molecule has 1 aromatic carbocycles. The summed E-state index contributed by atoms with van der Waals surface area (Å²) in [7, 11) is 0. The summed E-state index contributed by atoms with van der Waals surface area (Å²) in [5.74, 6) is 1.63. The zero-order valence-corrected chi connectivity index (χ0v) is 12.3. The number of nitrogens with zero attached hydrogens (tertiary/aromatic N) is 1. The van der Waals surface area contributed by atoms with Crippen molar-refractivity contribution < 1.29 is 4.74 Å². The molecule has 0 unspecified atom stereocenters. The van der Waals surface area contributed by atoms with Crippen molar-refractivity contribution in [1.29, 1.82) is 0 Å². The number of halogens is 1. The first-order chi connectivity index (χ1) is 9.22. The van der Waals surface area contributed by atoms with Gasteiger partial charge in [-0.05, 0) is 62.5 Å². The molecule has 3 nitrogen and oxygen atoms in total. The first-order valence-corrected chi connectivity index (χ1v) is 7.44. The van der Waals surface area contributed by atoms with E-state index < -0.39 is 0 Å². The molecule has 0 aromatic heterocycles. The van der Waals surface area contributed by atoms with E-state index in [1.807, 2.05) is 25.1 Å². The van der Waals surface area contributed by atoms with Gasteiger partial charge in [0, 0.05) is 18.1 Å². The van der Waals surface area contributed by atoms with Gasteiger partial charge in [-0.2, -0.15) is 0 Å². The van der Waals surface area contributed by atoms with Gasteiger partial charge in [0.1, 0.15) is 5.75 Å². The van der Waals surface area contributed by atoms with E-state index in [0.29, 0.717) is 12.5 Å². The fraction of sp³-hybridized carbons (Fsp3) is 0.600. The van der Waals surface area contributed by atoms with Crippen LogP contribution in [0.1, 0.15) is 18.9 Å². The predicted octanol–water partition coefficient (Wildman–Crippen LogP) is 2.56. The lowest BCUT2D eigenvalue weighted by atomic mass is 10.1. The molecule has 0 saturated carbocycles. The van der Waals surface area contributed by atoms with E-state index >= 15 is 0 Å². The second-order valence-electron chi connectivity index (χ2n) is 5.13. The predicted molar refractivity (Wildman–Crippen MR) is 79.9 cm³/mol. The molecule has 2 rings (SSSR count). The lowest BCUT2D eigenvalue weighted by Crippen LogP contribution is -2.25. The number of rotatable bonds is 6. The van der Waals surface area contributed by atoms with Gasteiger partial charge in [-0.25, -0.2) is 0 Å². The molecule has 0 amide bonds. The van der Waals surface area contributed by atoms with Crippen LogP contribution in [-0.4, -0.2) is 37.7 Å². The normalized spacial score (nSPS) is 19.8. The maximum absolute atomic E-state index is 6.07. The third-order valence-electron chi connectivity index (χ3n) is 3.72. The van der Waals surface area contributed by atoms with E-state index in [1.54, 1.807) is 0 Å². The summed E-state index contributed by atoms with van der Waals surface area (Å²) in [4.78, 5) is 2.48. The first kappa shape index (κ1) is 14.6. The Labute approximate surface area is 120 Å². The van der Waals surface area contributed by atoms with Crippen molar-refractivity contribution in [3.8, 4) is 5.75 Å². The van der Waals surface area contributed by atoms with E-state index in [1.165, 1.54) is 12.0 Å². The summed E-state index contributed by atoms with van der Waals surface area (Å²) < 4.78 is 5.65. The third kappa shape index (κ3) is 4.10. The number of hydrogen-bond donors (Lipinski definition) is 1. The van der Waals surface area contributed by atoms with Crippen LogP contribution in [0.15, 0.2) is 18.2 Å². The minimum atomic E-state index is 0.672. The molecule has 1 aromatic rings. The number of ether oxygens (including phenoxy) is 1. The van der Waals surface area contributed by atoms with Crippen LogP contribution >= 0.6 is 11.6 Å². The largest absolute Gasteiger partial charge is 0.494 e. The molecule has 106 valence electrons. The van der Waals surface area contributed by atoms with E-state index in [2.05, 4.69) is 4.90 Å². The van der Waals surface area contributed by atoms with Gasteiger partial charge in [-0.3, -0.25) is 0 Å². The summed E-state index contributed by atoms with van der Waals surface area (Å²) in [6.07, 6.45) is 2.21. The minimum Gasteiger partial charge on any atom is -0.494 e. The molecule has 1 atom stereocenters. The molecule has 1 aliphatic rings. The zero-order chi connectivity index (χ0) is 13.7. The van der Waals surface area contributed by atoms with Crippen molar-refractivity contribution in [1.82, 2.24) is 4.90 Å². The van der Waals surface area contributed by atoms with E-state index in [9.17, 15) is 0 Å². The van der Waals surface area contributed by atoms with Crippen LogP contribution in [0, 0.1) is 5.92 Å². The van der Waals surface area contributed by atoms with Crippen LogP contribution in [0.25, 0.3) is 0 Å². The Kier molecular flexibility index (Phi) is 5.49. The van der Waals surface area contributed by atoms with Crippen LogP contribution in [-0.2, 0) is 6.42 Å². The molecule has 1 aliphatic heterocycles. The fourth-order valence-corrected chi connectivity index (χ4v) is 2.82. The Morgan fingerprint density at radius 1 is 1.47 bits per heavy atom. The molecule has 1 heterocycles. The highest BCUT2D eigenvalue weighted by atomic mass is 35.5. The molecule has 2 N–H and O–H groups in total. The first-order valence-electron chi connectivity index (χ1n) is 7.06. The highest BCUT2D eigenvalue weighted by molar-refractivity contribution is 6.30. The van der Waals surface area contributed by atoms with Gasteiger partial charge in [-0.1, -0.05) is 11.6 Å². The van der Waals surface area contributed by atoms with E-state index in [-0.39, 0.29) is 0 Å². The highest BCUT2D eigenvalue weighted by Gasteiger charge is 2.20. The van der Waals surface area contributed by atoms with Crippen molar-refractivity contribution in [2.75, 3.05) is 32.8 Å². The van der Waals surface area contributed by atoms with Crippen molar-refractivity contribution in [2.45, 2.75) is 19.8 Å². The highest BCUT2D eigenvalue weighted by Crippen LogP contribution is 2.24. The van der Waals surface area contributed by atoms with Gasteiger partial charge >= 0.3 is 0 Å². The van der Waals surface area contributed by atoms with E-state index in [0.717, 1.165) is 43.4 Å². The quantitative estimate of drug-likeness (QED) is 0.871. The average Bonchev–Trinajstić information content (AvgIpc) is 2.87. The Morgan fingerprint density at radius 2 is 2.32 bits per heavy atom. The number of nitrogens with two attached hydrogens (primary N) is 1. The molecule has 0 aliphatic carbocycles. The Bertz CT molecular complexity index is 411. The Morgan fingerprint density at radius 3 is 3.00 bits per heavy atom. The van der Waals surface area contributed by atoms with Crippen molar-refractivity contribution in [2.24, 2.45) is 11.7 Å². The van der Waals surface area contributed by atoms with Gasteiger partial charge in [0.15, 0.2) is 0 Å². The summed E-state index contributed by atoms with van der Waals surface area (Å²) in [6.45, 7) is 6.83. The minimum absolute atomic E-state index is 0.672. The maximum Gasteiger partial charge on any atom is 0.122 e. The second kappa shape index (κ2) is 7.13. The van der Waals surface area contributed by atoms with Crippen LogP contribution in [0.2, 0.25) is 5.02 Å². The van der Waals surface area contributed by atoms with Gasteiger partial charge in [0.05, 0.1) is 6.61 Å². The average molecular weight is 283 g/mol. The van der Waals surface area contributed by atoms with E-state index in [4.69, 9.17) is 22.1 Å². The molecule has 19 heavy (non-hydrogen) atoms. The number of hydrogen-bond acceptors (Lipinski definition) is 3. The van der Waals surface area contributed by atoms with Crippen LogP contribution < -0.4 is 10.5 Å². The molecule has 0 spiro atoms. The summed E-state index contributed by atoms with van der Waals surface area (Å²) in [5, 5.41) is 0.778. The molecule has 0 radical (unpaired) electrons. The Balaban J connectivity index is 1.93. The van der Waals surface area contributed by atoms with Crippen molar-refractivity contribution >= 4 is 11.6 Å². The topological polar surface area (TPSA) is 38.5 Å². The van der Waals surface area contributed by atoms with Crippen molar-refractivity contribution in [3.63, 3.8) is 0 Å². The maximum atomic E-state index is 6.07. The molecule has 0 bridgehead atoms. The Hall–Kier alpha value is -0.770. The molecule has 1 fully saturated rings. The molecule has 1 saturated heterocycles. The summed E-state index contributed by atoms with van der Waals surface area (Å²) in [6, 6.07) is 5.87. The van der Waals surface area contributed by atoms with Gasteiger partial charge in [-0.15, -0.1) is 0 Å². The third-order valence-corrected chi connectivity index (χ3v) is 3.96. The molecular weight excluding hydrogens is 260 g/mol. The SMILES string of the molecule is CCOc1ccc(Cl)cc1CCN1CC[C@@H](CN)C1. The van der Waals surface area contributed by atoms with Gasteiger partial charge < -0.3 is 15.4 Å². The number of benzene rings is 1. The van der Waals surface area contributed by atoms with Crippen molar-refractivity contribution in [3.05, 3.63) is 28.8 Å². The second-order valence-corrected chi connectivity index (χ2v) is 5.56. The van der Waals surface area contributed by atoms with Crippen LogP contribution in [0.5, 0.6) is 5.75 Å². The number of likely N-dealkylation sites (tertiary alicyclic amines) is 1. The van der Waals surface area contributed by atoms with Crippen LogP contribution in [0.3, 0.4) is 0 Å². The van der Waals surface area contributed by atoms with Gasteiger partial charge in [0.2, 0.25) is 0 Å². The monoisotopic (exact) mass is 282 g/mol. The lowest BCUT2D eigenvalue weighted by molar-refractivity contribution is 0.317.